The van der Waals surface area contributed by atoms with Gasteiger partial charge in [0.2, 0.25) is 0 Å². The standard InChI is InChI=1S/C45H73N7O10/c1-10-36-45(8)39(52(43(57)62-45)18-12-11-17-51-25-34(48-49-51)31-14-13-15-32(46)21-31)30(6)47-23-26(2)22-44(7,58-9)40(28(4)37(54)29(5)41(56)60-36)61-42-38(55)35(20-27(3)59-42)50-19-16-33(53)24-50/h13-15,21,25-30,33,35-36,38-42,47,53,55-56H,10-12,16-20,22-24,46H2,1-9H3/t26-,27?,28+,29-,30-,33+,35?,36-,38?,39-,40-,41?,42+,44-,45-/m1/s1. The van der Waals surface area contributed by atoms with E-state index >= 15 is 0 Å². The molecule has 4 aliphatic rings. The molecular formula is C45H73N7O10. The molecule has 62 heavy (non-hydrogen) atoms. The van der Waals surface area contributed by atoms with E-state index in [4.69, 9.17) is 29.4 Å². The quantitative estimate of drug-likeness (QED) is 0.161. The number of ketones is 1. The van der Waals surface area contributed by atoms with Crippen molar-refractivity contribution in [2.45, 2.75) is 173 Å². The lowest BCUT2D eigenvalue weighted by molar-refractivity contribution is -0.296. The van der Waals surface area contributed by atoms with Crippen molar-refractivity contribution in [3.8, 4) is 11.3 Å². The zero-order valence-electron chi connectivity index (χ0n) is 38.2. The third kappa shape index (κ3) is 10.5. The number of fused-ring (bicyclic) bond motifs is 1. The van der Waals surface area contributed by atoms with Crippen LogP contribution in [0.15, 0.2) is 30.5 Å². The van der Waals surface area contributed by atoms with Gasteiger partial charge in [0.05, 0.1) is 42.1 Å². The number of nitrogens with two attached hydrogens (primary N) is 1. The Bertz CT molecular complexity index is 1800. The number of aliphatic hydroxyl groups excluding tert-OH is 3. The minimum atomic E-state index is -1.54. The van der Waals surface area contributed by atoms with E-state index in [1.165, 1.54) is 0 Å². The molecule has 1 amide bonds. The Morgan fingerprint density at radius 1 is 1.03 bits per heavy atom. The van der Waals surface area contributed by atoms with Crippen molar-refractivity contribution in [1.29, 1.82) is 0 Å². The Balaban J connectivity index is 1.21. The number of carbonyl (C=O) groups excluding carboxylic acids is 2. The highest BCUT2D eigenvalue weighted by molar-refractivity contribution is 5.84. The molecule has 348 valence electrons. The Morgan fingerprint density at radius 2 is 1.77 bits per heavy atom. The second-order valence-electron chi connectivity index (χ2n) is 18.9. The molecule has 1 aromatic carbocycles. The number of aliphatic hydroxyl groups is 3. The smallest absolute Gasteiger partial charge is 0.410 e. The number of aromatic nitrogens is 3. The maximum absolute atomic E-state index is 14.5. The summed E-state index contributed by atoms with van der Waals surface area (Å²) in [5.74, 6) is -2.17. The van der Waals surface area contributed by atoms with Gasteiger partial charge in [-0.25, -0.2) is 4.79 Å². The molecule has 4 unspecified atom stereocenters. The highest BCUT2D eigenvalue weighted by atomic mass is 16.7. The number of methoxy groups -OCH3 is 1. The van der Waals surface area contributed by atoms with Gasteiger partial charge in [-0.05, 0) is 90.8 Å². The van der Waals surface area contributed by atoms with Gasteiger partial charge in [0.1, 0.15) is 23.7 Å². The number of anilines is 1. The van der Waals surface area contributed by atoms with Crippen molar-refractivity contribution in [2.24, 2.45) is 17.8 Å². The number of hydrogen-bond acceptors (Lipinski definition) is 15. The first-order chi connectivity index (χ1) is 29.4. The number of hydrogen-bond donors (Lipinski definition) is 5. The number of unbranched alkanes of at least 4 members (excludes halogenated alkanes) is 1. The van der Waals surface area contributed by atoms with Crippen molar-refractivity contribution in [3.05, 3.63) is 30.5 Å². The number of nitrogens with one attached hydrogen (secondary N) is 1. The van der Waals surface area contributed by atoms with Gasteiger partial charge in [-0.1, -0.05) is 45.0 Å². The van der Waals surface area contributed by atoms with Gasteiger partial charge in [-0.15, -0.1) is 5.10 Å². The van der Waals surface area contributed by atoms with Crippen molar-refractivity contribution < 1.29 is 48.6 Å². The van der Waals surface area contributed by atoms with Crippen LogP contribution in [0.2, 0.25) is 0 Å². The molecule has 0 bridgehead atoms. The molecule has 4 aliphatic heterocycles. The zero-order chi connectivity index (χ0) is 45.1. The molecule has 17 heteroatoms. The Hall–Kier alpha value is -3.26. The van der Waals surface area contributed by atoms with E-state index in [2.05, 4.69) is 27.5 Å². The van der Waals surface area contributed by atoms with E-state index in [9.17, 15) is 24.9 Å². The largest absolute Gasteiger partial charge is 0.438 e. The summed E-state index contributed by atoms with van der Waals surface area (Å²) in [6.45, 7) is 17.8. The Kier molecular flexibility index (Phi) is 15.8. The number of β-amino-alcohol motifs (C(OH)–C–C–N with tert-alkyl or cyclic N) is 1. The predicted octanol–water partition coefficient (Wildman–Crippen LogP) is 3.58. The van der Waals surface area contributed by atoms with E-state index in [1.54, 1.807) is 30.5 Å². The van der Waals surface area contributed by atoms with Crippen LogP contribution in [-0.4, -0.2) is 158 Å². The van der Waals surface area contributed by atoms with Crippen molar-refractivity contribution in [3.63, 3.8) is 0 Å². The summed E-state index contributed by atoms with van der Waals surface area (Å²) in [6, 6.07) is 6.44. The Morgan fingerprint density at radius 3 is 2.45 bits per heavy atom. The molecule has 17 nitrogen and oxygen atoms in total. The fraction of sp³-hybridized carbons (Fsp3) is 0.778. The molecule has 0 aliphatic carbocycles. The lowest BCUT2D eigenvalue weighted by Gasteiger charge is -2.47. The molecule has 2 aromatic rings. The molecule has 6 rings (SSSR count). The number of Topliss-reactive ketones (excluding diaryl/α,β-unsaturated/α-hetero) is 1. The monoisotopic (exact) mass is 872 g/mol. The van der Waals surface area contributed by atoms with Crippen LogP contribution in [0.1, 0.15) is 93.9 Å². The van der Waals surface area contributed by atoms with Crippen LogP contribution >= 0.6 is 0 Å². The number of carbonyl (C=O) groups is 2. The van der Waals surface area contributed by atoms with Crippen LogP contribution in [0.5, 0.6) is 0 Å². The summed E-state index contributed by atoms with van der Waals surface area (Å²) in [5, 5.41) is 46.1. The fourth-order valence-corrected chi connectivity index (χ4v) is 10.5. The first kappa shape index (κ1) is 48.2. The minimum Gasteiger partial charge on any atom is -0.438 e. The molecule has 15 atom stereocenters. The number of likely N-dealkylation sites (tertiary alicyclic amines) is 1. The molecule has 5 heterocycles. The highest BCUT2D eigenvalue weighted by Crippen LogP contribution is 2.41. The van der Waals surface area contributed by atoms with Crippen LogP contribution in [0.3, 0.4) is 0 Å². The van der Waals surface area contributed by atoms with Crippen molar-refractivity contribution in [1.82, 2.24) is 30.1 Å². The zero-order valence-corrected chi connectivity index (χ0v) is 38.2. The normalized spacial score (nSPS) is 39.3. The number of nitrogens with zero attached hydrogens (tertiary/aromatic N) is 5. The second-order valence-corrected chi connectivity index (χ2v) is 18.9. The topological polar surface area (TPSA) is 216 Å². The van der Waals surface area contributed by atoms with Crippen LogP contribution in [-0.2, 0) is 35.0 Å². The van der Waals surface area contributed by atoms with Gasteiger partial charge in [-0.3, -0.25) is 19.3 Å². The van der Waals surface area contributed by atoms with Gasteiger partial charge in [-0.2, -0.15) is 0 Å². The molecule has 4 saturated heterocycles. The fourth-order valence-electron chi connectivity index (χ4n) is 10.5. The summed E-state index contributed by atoms with van der Waals surface area (Å²) in [4.78, 5) is 32.3. The molecular weight excluding hydrogens is 799 g/mol. The van der Waals surface area contributed by atoms with Crippen LogP contribution < -0.4 is 11.1 Å². The average molecular weight is 872 g/mol. The van der Waals surface area contributed by atoms with E-state index in [0.29, 0.717) is 70.5 Å². The number of benzene rings is 1. The summed E-state index contributed by atoms with van der Waals surface area (Å²) in [7, 11) is 1.60. The van der Waals surface area contributed by atoms with Gasteiger partial charge in [0, 0.05) is 62.5 Å². The lowest BCUT2D eigenvalue weighted by Crippen LogP contribution is -2.61. The minimum absolute atomic E-state index is 0.0187. The number of ether oxygens (including phenoxy) is 5. The number of rotatable bonds is 11. The first-order valence-electron chi connectivity index (χ1n) is 22.7. The molecule has 4 fully saturated rings. The average Bonchev–Trinajstić information content (AvgIpc) is 3.96. The van der Waals surface area contributed by atoms with E-state index < -0.39 is 72.2 Å². The maximum atomic E-state index is 14.5. The molecule has 0 spiro atoms. The van der Waals surface area contributed by atoms with Gasteiger partial charge < -0.3 is 50.1 Å². The second kappa shape index (κ2) is 20.3. The summed E-state index contributed by atoms with van der Waals surface area (Å²) < 4.78 is 33.8. The SMILES string of the molecule is CC[C@H]1OC(O)[C@H](C)C(=O)[C@H](C)[C@@H](O[C@@H]2OC(C)CC(N3CC[C@H](O)C3)C2O)[C@](C)(OC)C[C@@H](C)CN[C@H](C)[C@H]2N(CCCCn3cc(-c4cccc(N)c4)nn3)C(=O)O[C@]12C. The van der Waals surface area contributed by atoms with Crippen LogP contribution in [0.4, 0.5) is 10.5 Å². The van der Waals surface area contributed by atoms with E-state index in [-0.39, 0.29) is 29.9 Å². The lowest BCUT2D eigenvalue weighted by atomic mass is 9.78. The van der Waals surface area contributed by atoms with E-state index in [0.717, 1.165) is 17.7 Å². The van der Waals surface area contributed by atoms with Gasteiger partial charge >= 0.3 is 6.09 Å². The molecule has 1 aromatic heterocycles. The predicted molar refractivity (Wildman–Crippen MR) is 231 cm³/mol. The van der Waals surface area contributed by atoms with Gasteiger partial charge in [0.25, 0.3) is 0 Å². The number of nitrogen functional groups attached to an aromatic ring is 1. The van der Waals surface area contributed by atoms with Crippen LogP contribution in [0.25, 0.3) is 11.3 Å². The maximum Gasteiger partial charge on any atom is 0.410 e. The highest BCUT2D eigenvalue weighted by Gasteiger charge is 2.58. The number of amides is 1. The van der Waals surface area contributed by atoms with Crippen molar-refractivity contribution >= 4 is 17.6 Å². The summed E-state index contributed by atoms with van der Waals surface area (Å²) in [5.41, 5.74) is 6.01. The molecule has 0 radical (unpaired) electrons. The van der Waals surface area contributed by atoms with Crippen LogP contribution in [0, 0.1) is 17.8 Å². The van der Waals surface area contributed by atoms with E-state index in [1.807, 2.05) is 65.1 Å². The molecule has 6 N–H and O–H groups in total. The molecule has 0 saturated carbocycles. The third-order valence-electron chi connectivity index (χ3n) is 14.0. The van der Waals surface area contributed by atoms with Gasteiger partial charge in [0.15, 0.2) is 18.2 Å². The summed E-state index contributed by atoms with van der Waals surface area (Å²) >= 11 is 0. The Labute approximate surface area is 366 Å². The summed E-state index contributed by atoms with van der Waals surface area (Å²) in [6.07, 6.45) is -1.18. The third-order valence-corrected chi connectivity index (χ3v) is 14.0. The van der Waals surface area contributed by atoms with Crippen molar-refractivity contribution in [2.75, 3.05) is 39.0 Å². The number of aryl methyl sites for hydroxylation is 1. The first-order valence-corrected chi connectivity index (χ1v) is 22.7.